The first-order valence-corrected chi connectivity index (χ1v) is 10.6. The van der Waals surface area contributed by atoms with Crippen molar-refractivity contribution < 1.29 is 9.53 Å². The Hall–Kier alpha value is -2.98. The molecule has 1 fully saturated rings. The zero-order chi connectivity index (χ0) is 21.1. The molecular weight excluding hydrogens is 396 g/mol. The van der Waals surface area contributed by atoms with Gasteiger partial charge in [0.15, 0.2) is 6.10 Å². The lowest BCUT2D eigenvalue weighted by molar-refractivity contribution is -0.134. The summed E-state index contributed by atoms with van der Waals surface area (Å²) in [6.45, 7) is 4.74. The molecule has 1 N–H and O–H groups in total. The summed E-state index contributed by atoms with van der Waals surface area (Å²) in [5, 5.41) is 4.10. The highest BCUT2D eigenvalue weighted by Crippen LogP contribution is 2.33. The number of carbonyl (C=O) groups excluding carboxylic acids is 1. The number of anilines is 2. The van der Waals surface area contributed by atoms with Crippen molar-refractivity contribution in [1.82, 2.24) is 0 Å². The fourth-order valence-electron chi connectivity index (χ4n) is 3.72. The minimum absolute atomic E-state index is 0.0348. The van der Waals surface area contributed by atoms with Crippen molar-refractivity contribution in [3.8, 4) is 5.75 Å². The molecule has 2 unspecified atom stereocenters. The lowest BCUT2D eigenvalue weighted by Gasteiger charge is -2.47. The van der Waals surface area contributed by atoms with Crippen molar-refractivity contribution in [2.45, 2.75) is 32.4 Å². The Balaban J connectivity index is 1.54. The maximum atomic E-state index is 13.0. The number of para-hydroxylation sites is 1. The SMILES string of the molecule is CCc1ccc(NCC2C(Oc3ccc(Cl)cc3)C(=O)N2c2ccccc2C)cc1. The summed E-state index contributed by atoms with van der Waals surface area (Å²) in [6.07, 6.45) is 0.461. The number of aryl methyl sites for hydroxylation is 2. The zero-order valence-electron chi connectivity index (χ0n) is 17.1. The van der Waals surface area contributed by atoms with Crippen LogP contribution in [0.3, 0.4) is 0 Å². The highest BCUT2D eigenvalue weighted by molar-refractivity contribution is 6.30. The molecular formula is C25H25ClN2O2. The van der Waals surface area contributed by atoms with E-state index in [1.165, 1.54) is 5.56 Å². The Morgan fingerprint density at radius 3 is 2.37 bits per heavy atom. The van der Waals surface area contributed by atoms with E-state index in [0.29, 0.717) is 17.3 Å². The number of β-lactam (4-membered cyclic amide) rings is 1. The number of hydrogen-bond donors (Lipinski definition) is 1. The third kappa shape index (κ3) is 4.14. The quantitative estimate of drug-likeness (QED) is 0.514. The first-order valence-electron chi connectivity index (χ1n) is 10.2. The standard InChI is InChI=1S/C25H25ClN2O2/c1-3-18-8-12-20(13-9-18)27-16-23-24(30-21-14-10-19(26)11-15-21)25(29)28(23)22-7-5-4-6-17(22)2/h4-15,23-24,27H,3,16H2,1-2H3. The van der Waals surface area contributed by atoms with Gasteiger partial charge in [-0.05, 0) is 66.9 Å². The molecule has 0 aromatic heterocycles. The second-order valence-electron chi connectivity index (χ2n) is 7.49. The smallest absolute Gasteiger partial charge is 0.270 e. The number of nitrogens with one attached hydrogen (secondary N) is 1. The van der Waals surface area contributed by atoms with Crippen LogP contribution in [0.5, 0.6) is 5.75 Å². The summed E-state index contributed by atoms with van der Waals surface area (Å²) in [5.41, 5.74) is 4.31. The van der Waals surface area contributed by atoms with Gasteiger partial charge in [-0.1, -0.05) is 48.9 Å². The average Bonchev–Trinajstić information content (AvgIpc) is 2.77. The predicted octanol–water partition coefficient (Wildman–Crippen LogP) is 5.49. The molecule has 4 nitrogen and oxygen atoms in total. The van der Waals surface area contributed by atoms with Crippen molar-refractivity contribution in [2.75, 3.05) is 16.8 Å². The number of halogens is 1. The molecule has 2 atom stereocenters. The van der Waals surface area contributed by atoms with Gasteiger partial charge in [-0.3, -0.25) is 9.69 Å². The number of hydrogen-bond acceptors (Lipinski definition) is 3. The molecule has 0 aliphatic carbocycles. The minimum Gasteiger partial charge on any atom is -0.478 e. The molecule has 1 saturated heterocycles. The van der Waals surface area contributed by atoms with Gasteiger partial charge in [0.1, 0.15) is 11.8 Å². The number of ether oxygens (including phenoxy) is 1. The van der Waals surface area contributed by atoms with Gasteiger partial charge in [0.05, 0.1) is 0 Å². The van der Waals surface area contributed by atoms with Crippen LogP contribution in [0.25, 0.3) is 0 Å². The van der Waals surface area contributed by atoms with Gasteiger partial charge in [0.2, 0.25) is 0 Å². The number of benzene rings is 3. The van der Waals surface area contributed by atoms with E-state index < -0.39 is 6.10 Å². The van der Waals surface area contributed by atoms with Crippen molar-refractivity contribution in [1.29, 1.82) is 0 Å². The average molecular weight is 421 g/mol. The molecule has 154 valence electrons. The van der Waals surface area contributed by atoms with Gasteiger partial charge >= 0.3 is 0 Å². The summed E-state index contributed by atoms with van der Waals surface area (Å²) in [6, 6.07) is 23.3. The molecule has 1 heterocycles. The summed E-state index contributed by atoms with van der Waals surface area (Å²) < 4.78 is 6.06. The molecule has 4 rings (SSSR count). The van der Waals surface area contributed by atoms with E-state index in [0.717, 1.165) is 23.4 Å². The van der Waals surface area contributed by atoms with Crippen molar-refractivity contribution >= 4 is 28.9 Å². The maximum Gasteiger partial charge on any atom is 0.270 e. The Morgan fingerprint density at radius 1 is 1.00 bits per heavy atom. The third-order valence-corrected chi connectivity index (χ3v) is 5.74. The fraction of sp³-hybridized carbons (Fsp3) is 0.240. The Bertz CT molecular complexity index is 1020. The number of nitrogens with zero attached hydrogens (tertiary/aromatic N) is 1. The van der Waals surface area contributed by atoms with Gasteiger partial charge < -0.3 is 10.1 Å². The van der Waals surface area contributed by atoms with Crippen LogP contribution in [-0.4, -0.2) is 24.6 Å². The van der Waals surface area contributed by atoms with Crippen LogP contribution in [-0.2, 0) is 11.2 Å². The highest BCUT2D eigenvalue weighted by atomic mass is 35.5. The topological polar surface area (TPSA) is 41.6 Å². The van der Waals surface area contributed by atoms with Gasteiger partial charge in [-0.15, -0.1) is 0 Å². The summed E-state index contributed by atoms with van der Waals surface area (Å²) in [5.74, 6) is 0.604. The van der Waals surface area contributed by atoms with Crippen molar-refractivity contribution in [2.24, 2.45) is 0 Å². The second kappa shape index (κ2) is 8.80. The van der Waals surface area contributed by atoms with E-state index in [9.17, 15) is 4.79 Å². The summed E-state index contributed by atoms with van der Waals surface area (Å²) in [7, 11) is 0. The monoisotopic (exact) mass is 420 g/mol. The Morgan fingerprint density at radius 2 is 1.70 bits per heavy atom. The van der Waals surface area contributed by atoms with Crippen LogP contribution < -0.4 is 15.0 Å². The largest absolute Gasteiger partial charge is 0.478 e. The predicted molar refractivity (Wildman–Crippen MR) is 123 cm³/mol. The number of amides is 1. The lowest BCUT2D eigenvalue weighted by Crippen LogP contribution is -2.69. The first kappa shape index (κ1) is 20.3. The second-order valence-corrected chi connectivity index (χ2v) is 7.92. The van der Waals surface area contributed by atoms with Crippen LogP contribution in [0, 0.1) is 6.92 Å². The van der Waals surface area contributed by atoms with Crippen LogP contribution >= 0.6 is 11.6 Å². The van der Waals surface area contributed by atoms with Crippen LogP contribution in [0.1, 0.15) is 18.1 Å². The van der Waals surface area contributed by atoms with Gasteiger partial charge in [0.25, 0.3) is 5.91 Å². The van der Waals surface area contributed by atoms with Crippen molar-refractivity contribution in [3.63, 3.8) is 0 Å². The first-order chi connectivity index (χ1) is 14.6. The van der Waals surface area contributed by atoms with Crippen LogP contribution in [0.4, 0.5) is 11.4 Å². The van der Waals surface area contributed by atoms with E-state index in [2.05, 4.69) is 36.5 Å². The van der Waals surface area contributed by atoms with Crippen LogP contribution in [0.15, 0.2) is 72.8 Å². The number of rotatable bonds is 7. The van der Waals surface area contributed by atoms with Gasteiger partial charge in [0, 0.05) is 22.9 Å². The maximum absolute atomic E-state index is 13.0. The highest BCUT2D eigenvalue weighted by Gasteiger charge is 2.50. The van der Waals surface area contributed by atoms with E-state index in [1.54, 1.807) is 24.3 Å². The molecule has 30 heavy (non-hydrogen) atoms. The molecule has 0 bridgehead atoms. The normalized spacial score (nSPS) is 18.1. The molecule has 3 aromatic carbocycles. The van der Waals surface area contributed by atoms with E-state index in [4.69, 9.17) is 16.3 Å². The Labute approximate surface area is 182 Å². The van der Waals surface area contributed by atoms with E-state index in [-0.39, 0.29) is 11.9 Å². The summed E-state index contributed by atoms with van der Waals surface area (Å²) in [4.78, 5) is 14.9. The van der Waals surface area contributed by atoms with E-state index in [1.807, 2.05) is 36.1 Å². The van der Waals surface area contributed by atoms with Gasteiger partial charge in [-0.2, -0.15) is 0 Å². The van der Waals surface area contributed by atoms with E-state index >= 15 is 0 Å². The molecule has 1 aliphatic rings. The molecule has 1 amide bonds. The summed E-state index contributed by atoms with van der Waals surface area (Å²) >= 11 is 5.97. The molecule has 5 heteroatoms. The molecule has 3 aromatic rings. The lowest BCUT2D eigenvalue weighted by atomic mass is 9.94. The van der Waals surface area contributed by atoms with Crippen LogP contribution in [0.2, 0.25) is 5.02 Å². The molecule has 1 aliphatic heterocycles. The minimum atomic E-state index is -0.548. The molecule has 0 saturated carbocycles. The number of carbonyl (C=O) groups is 1. The third-order valence-electron chi connectivity index (χ3n) is 5.49. The fourth-order valence-corrected chi connectivity index (χ4v) is 3.84. The van der Waals surface area contributed by atoms with Crippen molar-refractivity contribution in [3.05, 3.63) is 88.9 Å². The molecule has 0 spiro atoms. The zero-order valence-corrected chi connectivity index (χ0v) is 17.9. The van der Waals surface area contributed by atoms with Gasteiger partial charge in [-0.25, -0.2) is 0 Å². The molecule has 0 radical (unpaired) electrons. The Kier molecular flexibility index (Phi) is 5.96.